The lowest BCUT2D eigenvalue weighted by Crippen LogP contribution is -2.18. The molecule has 0 spiro atoms. The standard InChI is InChI=1S/C5H2F3IN2O/c6-5(7,8)12-4-2-10-3(9)1-11-4/h1-2H. The Kier molecular flexibility index (Phi) is 2.70. The van der Waals surface area contributed by atoms with Gasteiger partial charge < -0.3 is 4.74 Å². The molecule has 0 aliphatic rings. The van der Waals surface area contributed by atoms with Crippen molar-refractivity contribution in [2.45, 2.75) is 6.36 Å². The van der Waals surface area contributed by atoms with Gasteiger partial charge in [0.15, 0.2) is 0 Å². The number of alkyl halides is 3. The monoisotopic (exact) mass is 290 g/mol. The largest absolute Gasteiger partial charge is 0.574 e. The minimum atomic E-state index is -4.71. The van der Waals surface area contributed by atoms with Crippen molar-refractivity contribution in [2.75, 3.05) is 0 Å². The summed E-state index contributed by atoms with van der Waals surface area (Å²) in [5.74, 6) is -0.553. The molecule has 0 saturated heterocycles. The second-order valence-electron chi connectivity index (χ2n) is 1.73. The minimum absolute atomic E-state index is 0.502. The average Bonchev–Trinajstić information content (AvgIpc) is 1.91. The van der Waals surface area contributed by atoms with E-state index in [2.05, 4.69) is 14.7 Å². The van der Waals surface area contributed by atoms with Crippen molar-refractivity contribution in [1.82, 2.24) is 9.97 Å². The molecule has 1 heterocycles. The van der Waals surface area contributed by atoms with Gasteiger partial charge in [0.25, 0.3) is 0 Å². The Morgan fingerprint density at radius 1 is 1.25 bits per heavy atom. The van der Waals surface area contributed by atoms with Crippen molar-refractivity contribution in [1.29, 1.82) is 0 Å². The van der Waals surface area contributed by atoms with Crippen LogP contribution in [0.1, 0.15) is 0 Å². The fraction of sp³-hybridized carbons (Fsp3) is 0.200. The lowest BCUT2D eigenvalue weighted by atomic mass is 10.7. The highest BCUT2D eigenvalue weighted by Crippen LogP contribution is 2.19. The first-order valence-electron chi connectivity index (χ1n) is 2.71. The number of aromatic nitrogens is 2. The summed E-state index contributed by atoms with van der Waals surface area (Å²) in [4.78, 5) is 6.91. The Morgan fingerprint density at radius 2 is 1.92 bits per heavy atom. The quantitative estimate of drug-likeness (QED) is 0.742. The smallest absolute Gasteiger partial charge is 0.386 e. The van der Waals surface area contributed by atoms with Crippen molar-refractivity contribution in [3.63, 3.8) is 0 Å². The predicted octanol–water partition coefficient (Wildman–Crippen LogP) is 1.98. The second-order valence-corrected chi connectivity index (χ2v) is 2.83. The Balaban J connectivity index is 2.71. The summed E-state index contributed by atoms with van der Waals surface area (Å²) in [5, 5.41) is 0. The van der Waals surface area contributed by atoms with Crippen LogP contribution in [0.5, 0.6) is 5.88 Å². The molecule has 0 saturated carbocycles. The molecule has 0 N–H and O–H groups in total. The molecule has 0 unspecified atom stereocenters. The van der Waals surface area contributed by atoms with Gasteiger partial charge in [-0.05, 0) is 22.6 Å². The number of ether oxygens (including phenoxy) is 1. The maximum absolute atomic E-state index is 11.6. The van der Waals surface area contributed by atoms with Gasteiger partial charge >= 0.3 is 6.36 Å². The highest BCUT2D eigenvalue weighted by Gasteiger charge is 2.31. The molecule has 1 rings (SSSR count). The van der Waals surface area contributed by atoms with E-state index in [4.69, 9.17) is 0 Å². The third-order valence-electron chi connectivity index (χ3n) is 0.817. The van der Waals surface area contributed by atoms with Crippen LogP contribution < -0.4 is 4.74 Å². The molecule has 3 nitrogen and oxygen atoms in total. The first-order valence-corrected chi connectivity index (χ1v) is 3.78. The van der Waals surface area contributed by atoms with Gasteiger partial charge in [-0.25, -0.2) is 9.97 Å². The Labute approximate surface area is 79.1 Å². The molecular formula is C5H2F3IN2O. The molecule has 7 heteroatoms. The van der Waals surface area contributed by atoms with E-state index in [1.165, 1.54) is 6.20 Å². The molecule has 0 aliphatic heterocycles. The zero-order chi connectivity index (χ0) is 9.19. The lowest BCUT2D eigenvalue weighted by Gasteiger charge is -2.06. The highest BCUT2D eigenvalue weighted by molar-refractivity contribution is 14.1. The molecule has 12 heavy (non-hydrogen) atoms. The van der Waals surface area contributed by atoms with Crippen LogP contribution in [0, 0.1) is 3.70 Å². The zero-order valence-corrected chi connectivity index (χ0v) is 7.63. The molecule has 0 fully saturated rings. The van der Waals surface area contributed by atoms with Crippen LogP contribution in [0.15, 0.2) is 12.4 Å². The van der Waals surface area contributed by atoms with Crippen LogP contribution in [-0.2, 0) is 0 Å². The maximum Gasteiger partial charge on any atom is 0.574 e. The van der Waals surface area contributed by atoms with Gasteiger partial charge in [-0.15, -0.1) is 13.2 Å². The Morgan fingerprint density at radius 3 is 2.33 bits per heavy atom. The summed E-state index contributed by atoms with van der Waals surface area (Å²) in [5.41, 5.74) is 0. The van der Waals surface area contributed by atoms with E-state index in [1.807, 2.05) is 22.6 Å². The van der Waals surface area contributed by atoms with Crippen molar-refractivity contribution < 1.29 is 17.9 Å². The number of halogens is 4. The Hall–Kier alpha value is -0.600. The summed E-state index contributed by atoms with van der Waals surface area (Å²) >= 11 is 1.82. The van der Waals surface area contributed by atoms with Crippen LogP contribution in [0.4, 0.5) is 13.2 Å². The van der Waals surface area contributed by atoms with Gasteiger partial charge in [-0.2, -0.15) is 0 Å². The molecule has 0 radical (unpaired) electrons. The van der Waals surface area contributed by atoms with E-state index in [0.29, 0.717) is 3.70 Å². The van der Waals surface area contributed by atoms with Crippen LogP contribution in [0.25, 0.3) is 0 Å². The summed E-state index contributed by atoms with van der Waals surface area (Å²) in [7, 11) is 0. The van der Waals surface area contributed by atoms with E-state index >= 15 is 0 Å². The van der Waals surface area contributed by atoms with E-state index in [0.717, 1.165) is 6.20 Å². The van der Waals surface area contributed by atoms with Crippen LogP contribution in [-0.4, -0.2) is 16.3 Å². The summed E-state index contributed by atoms with van der Waals surface area (Å²) in [6.45, 7) is 0. The molecule has 0 aliphatic carbocycles. The normalized spacial score (nSPS) is 11.3. The van der Waals surface area contributed by atoms with Gasteiger partial charge in [0.1, 0.15) is 3.70 Å². The molecule has 0 amide bonds. The molecular weight excluding hydrogens is 288 g/mol. The van der Waals surface area contributed by atoms with Crippen molar-refractivity contribution in [2.24, 2.45) is 0 Å². The van der Waals surface area contributed by atoms with Crippen LogP contribution in [0.2, 0.25) is 0 Å². The topological polar surface area (TPSA) is 35.0 Å². The fourth-order valence-corrected chi connectivity index (χ4v) is 0.750. The molecule has 0 atom stereocenters. The SMILES string of the molecule is FC(F)(F)Oc1cnc(I)cn1. The lowest BCUT2D eigenvalue weighted by molar-refractivity contribution is -0.276. The van der Waals surface area contributed by atoms with Crippen molar-refractivity contribution >= 4 is 22.6 Å². The number of nitrogens with zero attached hydrogens (tertiary/aromatic N) is 2. The average molecular weight is 290 g/mol. The number of rotatable bonds is 1. The molecule has 0 aromatic carbocycles. The van der Waals surface area contributed by atoms with Gasteiger partial charge in [-0.3, -0.25) is 0 Å². The highest BCUT2D eigenvalue weighted by atomic mass is 127. The number of hydrogen-bond donors (Lipinski definition) is 0. The maximum atomic E-state index is 11.6. The van der Waals surface area contributed by atoms with Gasteiger partial charge in [0, 0.05) is 0 Å². The summed E-state index contributed by atoms with van der Waals surface area (Å²) in [6.07, 6.45) is -2.61. The third-order valence-corrected chi connectivity index (χ3v) is 1.37. The fourth-order valence-electron chi connectivity index (χ4n) is 0.472. The van der Waals surface area contributed by atoms with E-state index < -0.39 is 12.2 Å². The van der Waals surface area contributed by atoms with E-state index in [9.17, 15) is 13.2 Å². The molecule has 0 bridgehead atoms. The summed E-state index contributed by atoms with van der Waals surface area (Å²) in [6, 6.07) is 0. The van der Waals surface area contributed by atoms with Crippen molar-refractivity contribution in [3.05, 3.63) is 16.1 Å². The van der Waals surface area contributed by atoms with E-state index in [-0.39, 0.29) is 0 Å². The molecule has 66 valence electrons. The Bertz CT molecular complexity index is 260. The van der Waals surface area contributed by atoms with Gasteiger partial charge in [0.05, 0.1) is 12.4 Å². The zero-order valence-electron chi connectivity index (χ0n) is 5.47. The van der Waals surface area contributed by atoms with Crippen molar-refractivity contribution in [3.8, 4) is 5.88 Å². The van der Waals surface area contributed by atoms with Gasteiger partial charge in [0.2, 0.25) is 5.88 Å². The second kappa shape index (κ2) is 3.42. The summed E-state index contributed by atoms with van der Waals surface area (Å²) < 4.78 is 38.6. The van der Waals surface area contributed by atoms with E-state index in [1.54, 1.807) is 0 Å². The number of hydrogen-bond acceptors (Lipinski definition) is 3. The van der Waals surface area contributed by atoms with Crippen LogP contribution >= 0.6 is 22.6 Å². The predicted molar refractivity (Wildman–Crippen MR) is 41.4 cm³/mol. The van der Waals surface area contributed by atoms with Gasteiger partial charge in [-0.1, -0.05) is 0 Å². The molecule has 1 aromatic rings. The first-order chi connectivity index (χ1) is 5.47. The van der Waals surface area contributed by atoms with Crippen LogP contribution in [0.3, 0.4) is 0 Å². The molecule has 1 aromatic heterocycles. The minimum Gasteiger partial charge on any atom is -0.386 e. The first kappa shape index (κ1) is 9.49. The third kappa shape index (κ3) is 3.20.